The van der Waals surface area contributed by atoms with Crippen LogP contribution in [0.3, 0.4) is 0 Å². The van der Waals surface area contributed by atoms with Gasteiger partial charge in [-0.3, -0.25) is 0 Å². The summed E-state index contributed by atoms with van der Waals surface area (Å²) in [5.41, 5.74) is 0. The van der Waals surface area contributed by atoms with Crippen LogP contribution < -0.4 is 5.32 Å². The molecule has 0 bridgehead atoms. The van der Waals surface area contributed by atoms with Crippen molar-refractivity contribution in [1.29, 1.82) is 0 Å². The molecular formula is C6H12N2O2. The highest BCUT2D eigenvalue weighted by atomic mass is 16.7. The number of hydrogen-bond donors (Lipinski definition) is 1. The van der Waals surface area contributed by atoms with Gasteiger partial charge in [0, 0.05) is 20.1 Å². The molecule has 4 nitrogen and oxygen atoms in total. The van der Waals surface area contributed by atoms with Crippen molar-refractivity contribution < 1.29 is 9.63 Å². The van der Waals surface area contributed by atoms with Gasteiger partial charge in [-0.2, -0.15) is 0 Å². The van der Waals surface area contributed by atoms with Crippen molar-refractivity contribution in [3.05, 3.63) is 0 Å². The molecule has 0 spiro atoms. The molecular weight excluding hydrogens is 132 g/mol. The molecule has 0 radical (unpaired) electrons. The van der Waals surface area contributed by atoms with Crippen molar-refractivity contribution in [3.8, 4) is 0 Å². The lowest BCUT2D eigenvalue weighted by Gasteiger charge is -2.12. The quantitative estimate of drug-likeness (QED) is 0.577. The molecule has 0 aromatic carbocycles. The fourth-order valence-electron chi connectivity index (χ4n) is 0.942. The van der Waals surface area contributed by atoms with E-state index >= 15 is 0 Å². The standard InChI is InChI=1S/C6H12N2O2/c1-7-6(9)10-8-4-2-3-5-8/h2-5H2,1H3,(H,7,9). The Morgan fingerprint density at radius 2 is 2.10 bits per heavy atom. The molecule has 1 heterocycles. The van der Waals surface area contributed by atoms with E-state index in [9.17, 15) is 4.79 Å². The van der Waals surface area contributed by atoms with Crippen molar-refractivity contribution in [2.24, 2.45) is 0 Å². The zero-order chi connectivity index (χ0) is 7.40. The monoisotopic (exact) mass is 144 g/mol. The molecule has 1 saturated heterocycles. The van der Waals surface area contributed by atoms with Gasteiger partial charge in [-0.05, 0) is 12.8 Å². The third-order valence-electron chi connectivity index (χ3n) is 1.48. The summed E-state index contributed by atoms with van der Waals surface area (Å²) in [6.45, 7) is 1.74. The van der Waals surface area contributed by atoms with E-state index in [2.05, 4.69) is 5.32 Å². The molecule has 1 aliphatic heterocycles. The van der Waals surface area contributed by atoms with Gasteiger partial charge in [-0.15, -0.1) is 5.06 Å². The van der Waals surface area contributed by atoms with Crippen LogP contribution in [0.25, 0.3) is 0 Å². The van der Waals surface area contributed by atoms with Crippen molar-refractivity contribution >= 4 is 6.09 Å². The second-order valence-corrected chi connectivity index (χ2v) is 2.26. The maximum Gasteiger partial charge on any atom is 0.426 e. The van der Waals surface area contributed by atoms with Crippen LogP contribution in [0.2, 0.25) is 0 Å². The first-order valence-electron chi connectivity index (χ1n) is 3.47. The highest BCUT2D eigenvalue weighted by Gasteiger charge is 2.14. The fraction of sp³-hybridized carbons (Fsp3) is 0.833. The molecule has 0 aliphatic carbocycles. The van der Waals surface area contributed by atoms with Gasteiger partial charge in [0.05, 0.1) is 0 Å². The first kappa shape index (κ1) is 7.34. The highest BCUT2D eigenvalue weighted by molar-refractivity contribution is 5.66. The molecule has 0 atom stereocenters. The minimum Gasteiger partial charge on any atom is -0.351 e. The third kappa shape index (κ3) is 1.88. The van der Waals surface area contributed by atoms with Crippen LogP contribution in [0.5, 0.6) is 0 Å². The van der Waals surface area contributed by atoms with Crippen LogP contribution >= 0.6 is 0 Å². The van der Waals surface area contributed by atoms with Crippen molar-refractivity contribution in [3.63, 3.8) is 0 Å². The molecule has 0 saturated carbocycles. The predicted molar refractivity (Wildman–Crippen MR) is 36.3 cm³/mol. The van der Waals surface area contributed by atoms with E-state index in [4.69, 9.17) is 4.84 Å². The van der Waals surface area contributed by atoms with Gasteiger partial charge in [0.15, 0.2) is 0 Å². The Labute approximate surface area is 60.1 Å². The molecule has 10 heavy (non-hydrogen) atoms. The minimum absolute atomic E-state index is 0.373. The summed E-state index contributed by atoms with van der Waals surface area (Å²) in [4.78, 5) is 15.4. The molecule has 1 N–H and O–H groups in total. The average molecular weight is 144 g/mol. The minimum atomic E-state index is -0.373. The van der Waals surface area contributed by atoms with Gasteiger partial charge < -0.3 is 10.2 Å². The van der Waals surface area contributed by atoms with Crippen LogP contribution in [0, 0.1) is 0 Å². The van der Waals surface area contributed by atoms with E-state index in [1.165, 1.54) is 0 Å². The summed E-state index contributed by atoms with van der Waals surface area (Å²) in [5, 5.41) is 4.07. The van der Waals surface area contributed by atoms with E-state index in [1.54, 1.807) is 12.1 Å². The molecule has 1 amide bonds. The van der Waals surface area contributed by atoms with Crippen LogP contribution in [0.4, 0.5) is 4.79 Å². The number of rotatable bonds is 1. The molecule has 1 aliphatic rings. The summed E-state index contributed by atoms with van der Waals surface area (Å²) < 4.78 is 0. The molecule has 0 unspecified atom stereocenters. The maximum absolute atomic E-state index is 10.6. The molecule has 0 aromatic rings. The summed E-state index contributed by atoms with van der Waals surface area (Å²) >= 11 is 0. The number of nitrogens with zero attached hydrogens (tertiary/aromatic N) is 1. The van der Waals surface area contributed by atoms with Crippen LogP contribution in [0.1, 0.15) is 12.8 Å². The Balaban J connectivity index is 2.17. The smallest absolute Gasteiger partial charge is 0.351 e. The van der Waals surface area contributed by atoms with Crippen molar-refractivity contribution in [1.82, 2.24) is 10.4 Å². The fourth-order valence-corrected chi connectivity index (χ4v) is 0.942. The number of carbonyl (C=O) groups is 1. The van der Waals surface area contributed by atoms with E-state index in [-0.39, 0.29) is 6.09 Å². The molecule has 58 valence electrons. The van der Waals surface area contributed by atoms with Gasteiger partial charge in [0.2, 0.25) is 0 Å². The lowest BCUT2D eigenvalue weighted by atomic mass is 10.4. The van der Waals surface area contributed by atoms with Crippen molar-refractivity contribution in [2.75, 3.05) is 20.1 Å². The topological polar surface area (TPSA) is 41.6 Å². The second-order valence-electron chi connectivity index (χ2n) is 2.26. The molecule has 1 rings (SSSR count). The lowest BCUT2D eigenvalue weighted by molar-refractivity contribution is -0.0796. The van der Waals surface area contributed by atoms with Gasteiger partial charge in [0.1, 0.15) is 0 Å². The van der Waals surface area contributed by atoms with Crippen LogP contribution in [-0.2, 0) is 4.84 Å². The predicted octanol–water partition coefficient (Wildman–Crippen LogP) is 0.353. The van der Waals surface area contributed by atoms with Gasteiger partial charge >= 0.3 is 6.09 Å². The van der Waals surface area contributed by atoms with Gasteiger partial charge in [-0.1, -0.05) is 0 Å². The number of amides is 1. The average Bonchev–Trinajstić information content (AvgIpc) is 2.40. The second kappa shape index (κ2) is 3.41. The summed E-state index contributed by atoms with van der Waals surface area (Å²) in [6.07, 6.45) is 1.87. The van der Waals surface area contributed by atoms with Gasteiger partial charge in [-0.25, -0.2) is 4.79 Å². The van der Waals surface area contributed by atoms with Crippen LogP contribution in [-0.4, -0.2) is 31.3 Å². The van der Waals surface area contributed by atoms with Gasteiger partial charge in [0.25, 0.3) is 0 Å². The van der Waals surface area contributed by atoms with E-state index in [0.29, 0.717) is 0 Å². The zero-order valence-corrected chi connectivity index (χ0v) is 6.09. The van der Waals surface area contributed by atoms with E-state index in [1.807, 2.05) is 0 Å². The lowest BCUT2D eigenvalue weighted by Crippen LogP contribution is -2.29. The molecule has 4 heteroatoms. The summed E-state index contributed by atoms with van der Waals surface area (Å²) in [5.74, 6) is 0. The summed E-state index contributed by atoms with van der Waals surface area (Å²) in [7, 11) is 1.55. The Morgan fingerprint density at radius 3 is 2.60 bits per heavy atom. The van der Waals surface area contributed by atoms with Crippen LogP contribution in [0.15, 0.2) is 0 Å². The maximum atomic E-state index is 10.6. The summed E-state index contributed by atoms with van der Waals surface area (Å²) in [6, 6.07) is 0. The Morgan fingerprint density at radius 1 is 1.50 bits per heavy atom. The number of hydroxylamine groups is 2. The first-order valence-corrected chi connectivity index (χ1v) is 3.47. The third-order valence-corrected chi connectivity index (χ3v) is 1.48. The zero-order valence-electron chi connectivity index (χ0n) is 6.09. The van der Waals surface area contributed by atoms with E-state index < -0.39 is 0 Å². The number of nitrogens with one attached hydrogen (secondary N) is 1. The largest absolute Gasteiger partial charge is 0.426 e. The molecule has 0 aromatic heterocycles. The SMILES string of the molecule is CNC(=O)ON1CCCC1. The molecule has 1 fully saturated rings. The Hall–Kier alpha value is -0.770. The first-order chi connectivity index (χ1) is 4.83. The van der Waals surface area contributed by atoms with E-state index in [0.717, 1.165) is 25.9 Å². The van der Waals surface area contributed by atoms with Crippen molar-refractivity contribution in [2.45, 2.75) is 12.8 Å². The Kier molecular flexibility index (Phi) is 2.50. The Bertz CT molecular complexity index is 121. The highest BCUT2D eigenvalue weighted by Crippen LogP contribution is 2.06. The number of carbonyl (C=O) groups excluding carboxylic acids is 1. The normalized spacial score (nSPS) is 18.9. The number of hydrogen-bond acceptors (Lipinski definition) is 3.